The molecule has 0 bridgehead atoms. The van der Waals surface area contributed by atoms with E-state index in [0.29, 0.717) is 0 Å². The van der Waals surface area contributed by atoms with Crippen LogP contribution in [0.4, 0.5) is 0 Å². The van der Waals surface area contributed by atoms with E-state index in [1.807, 2.05) is 0 Å². The van der Waals surface area contributed by atoms with Crippen molar-refractivity contribution in [1.82, 2.24) is 5.32 Å². The Balaban J connectivity index is 4.25. The summed E-state index contributed by atoms with van der Waals surface area (Å²) in [6.07, 6.45) is -0.690. The molecule has 0 aromatic rings. The van der Waals surface area contributed by atoms with Crippen molar-refractivity contribution in [3.05, 3.63) is 0 Å². The fourth-order valence-corrected chi connectivity index (χ4v) is 1.24. The Morgan fingerprint density at radius 3 is 2.14 bits per heavy atom. The quantitative estimate of drug-likeness (QED) is 0.416. The summed E-state index contributed by atoms with van der Waals surface area (Å²) in [5, 5.41) is 11.0. The number of ether oxygens (including phenoxy) is 2. The van der Waals surface area contributed by atoms with Crippen molar-refractivity contribution < 1.29 is 38.6 Å². The molecule has 0 spiro atoms. The molecular weight excluding hydrogens is 298 g/mol. The summed E-state index contributed by atoms with van der Waals surface area (Å²) in [6.45, 7) is 2.24. The number of Topliss-reactive ketones (excluding diaryl/α,β-unsaturated/α-hetero) is 1. The Kier molecular flexibility index (Phi) is 9.15. The van der Waals surface area contributed by atoms with Gasteiger partial charge in [-0.1, -0.05) is 6.92 Å². The van der Waals surface area contributed by atoms with Crippen molar-refractivity contribution in [3.8, 4) is 0 Å². The normalized spacial score (nSPS) is 11.2. The maximum Gasteiger partial charge on any atom is 0.326 e. The predicted molar refractivity (Wildman–Crippen MR) is 71.4 cm³/mol. The van der Waals surface area contributed by atoms with E-state index in [-0.39, 0.29) is 25.0 Å². The summed E-state index contributed by atoms with van der Waals surface area (Å²) in [4.78, 5) is 55.3. The highest BCUT2D eigenvalue weighted by molar-refractivity contribution is 5.89. The molecular formula is C13H19NO8. The molecule has 0 rings (SSSR count). The molecule has 22 heavy (non-hydrogen) atoms. The maximum atomic E-state index is 11.4. The second-order valence-corrected chi connectivity index (χ2v) is 4.37. The molecule has 1 unspecified atom stereocenters. The number of rotatable bonds is 10. The number of carbonyl (C=O) groups is 5. The molecule has 0 fully saturated rings. The summed E-state index contributed by atoms with van der Waals surface area (Å²) >= 11 is 0. The summed E-state index contributed by atoms with van der Waals surface area (Å²) < 4.78 is 9.02. The van der Waals surface area contributed by atoms with Crippen LogP contribution in [0.25, 0.3) is 0 Å². The number of hydrogen-bond donors (Lipinski definition) is 2. The highest BCUT2D eigenvalue weighted by Crippen LogP contribution is 1.99. The van der Waals surface area contributed by atoms with Crippen LogP contribution in [0.1, 0.15) is 39.5 Å². The van der Waals surface area contributed by atoms with Crippen molar-refractivity contribution >= 4 is 29.6 Å². The smallest absolute Gasteiger partial charge is 0.326 e. The first-order valence-electron chi connectivity index (χ1n) is 6.59. The largest absolute Gasteiger partial charge is 0.480 e. The number of esters is 2. The van der Waals surface area contributed by atoms with E-state index in [4.69, 9.17) is 5.11 Å². The van der Waals surface area contributed by atoms with E-state index in [1.165, 1.54) is 6.92 Å². The number of nitrogens with one attached hydrogen (secondary N) is 1. The summed E-state index contributed by atoms with van der Waals surface area (Å²) in [5.74, 6) is -3.80. The van der Waals surface area contributed by atoms with Crippen LogP contribution in [0.15, 0.2) is 0 Å². The van der Waals surface area contributed by atoms with Gasteiger partial charge in [0.05, 0.1) is 6.42 Å². The highest BCUT2D eigenvalue weighted by atomic mass is 16.7. The number of carbonyl (C=O) groups excluding carboxylic acids is 4. The van der Waals surface area contributed by atoms with Crippen LogP contribution in [0.2, 0.25) is 0 Å². The van der Waals surface area contributed by atoms with Gasteiger partial charge in [0.1, 0.15) is 11.8 Å². The number of carboxylic acid groups (broad SMARTS) is 1. The predicted octanol–water partition coefficient (Wildman–Crippen LogP) is -0.231. The molecule has 0 saturated carbocycles. The van der Waals surface area contributed by atoms with Gasteiger partial charge in [0, 0.05) is 19.3 Å². The van der Waals surface area contributed by atoms with E-state index in [1.54, 1.807) is 6.92 Å². The molecule has 0 aliphatic rings. The van der Waals surface area contributed by atoms with Crippen LogP contribution in [-0.4, -0.2) is 47.5 Å². The monoisotopic (exact) mass is 317 g/mol. The molecule has 0 radical (unpaired) electrons. The minimum atomic E-state index is -1.48. The molecule has 1 atom stereocenters. The number of carboxylic acids is 1. The Morgan fingerprint density at radius 2 is 1.64 bits per heavy atom. The SMILES string of the molecule is CCC(=O)OCOC(=O)CC(NC(=O)CCC(C)=O)C(=O)O. The van der Waals surface area contributed by atoms with Crippen LogP contribution < -0.4 is 5.32 Å². The second kappa shape index (κ2) is 10.3. The summed E-state index contributed by atoms with van der Waals surface area (Å²) in [5.41, 5.74) is 0. The van der Waals surface area contributed by atoms with E-state index >= 15 is 0 Å². The van der Waals surface area contributed by atoms with Crippen molar-refractivity contribution in [2.45, 2.75) is 45.6 Å². The van der Waals surface area contributed by atoms with E-state index in [2.05, 4.69) is 14.8 Å². The molecule has 0 aromatic heterocycles. The Hall–Kier alpha value is -2.45. The molecule has 1 amide bonds. The average Bonchev–Trinajstić information content (AvgIpc) is 2.43. The van der Waals surface area contributed by atoms with E-state index < -0.39 is 43.1 Å². The standard InChI is InChI=1S/C13H19NO8/c1-3-11(17)21-7-22-12(18)6-9(13(19)20)14-10(16)5-4-8(2)15/h9H,3-7H2,1-2H3,(H,14,16)(H,19,20). The van der Waals surface area contributed by atoms with Gasteiger partial charge in [-0.15, -0.1) is 0 Å². The first kappa shape index (κ1) is 19.6. The van der Waals surface area contributed by atoms with Gasteiger partial charge in [0.2, 0.25) is 12.7 Å². The fraction of sp³-hybridized carbons (Fsp3) is 0.615. The van der Waals surface area contributed by atoms with Gasteiger partial charge in [-0.2, -0.15) is 0 Å². The van der Waals surface area contributed by atoms with E-state index in [9.17, 15) is 24.0 Å². The fourth-order valence-electron chi connectivity index (χ4n) is 1.24. The van der Waals surface area contributed by atoms with Crippen molar-refractivity contribution in [2.75, 3.05) is 6.79 Å². The molecule has 2 N–H and O–H groups in total. The first-order chi connectivity index (χ1) is 10.3. The van der Waals surface area contributed by atoms with Gasteiger partial charge in [-0.25, -0.2) is 4.79 Å². The third-order valence-electron chi connectivity index (χ3n) is 2.44. The zero-order valence-corrected chi connectivity index (χ0v) is 12.4. The lowest BCUT2D eigenvalue weighted by Gasteiger charge is -2.13. The zero-order valence-electron chi connectivity index (χ0n) is 12.4. The number of aliphatic carboxylic acids is 1. The third-order valence-corrected chi connectivity index (χ3v) is 2.44. The number of ketones is 1. The molecule has 124 valence electrons. The Bertz CT molecular complexity index is 445. The topological polar surface area (TPSA) is 136 Å². The van der Waals surface area contributed by atoms with Crippen LogP contribution >= 0.6 is 0 Å². The summed E-state index contributed by atoms with van der Waals surface area (Å²) in [7, 11) is 0. The average molecular weight is 317 g/mol. The Morgan fingerprint density at radius 1 is 1.05 bits per heavy atom. The molecule has 0 aromatic carbocycles. The molecule has 0 saturated heterocycles. The van der Waals surface area contributed by atoms with Crippen molar-refractivity contribution in [2.24, 2.45) is 0 Å². The maximum absolute atomic E-state index is 11.4. The van der Waals surface area contributed by atoms with Gasteiger partial charge in [0.25, 0.3) is 0 Å². The lowest BCUT2D eigenvalue weighted by atomic mass is 10.2. The van der Waals surface area contributed by atoms with Crippen LogP contribution in [-0.2, 0) is 33.4 Å². The minimum Gasteiger partial charge on any atom is -0.480 e. The molecule has 9 nitrogen and oxygen atoms in total. The lowest BCUT2D eigenvalue weighted by Crippen LogP contribution is -2.42. The summed E-state index contributed by atoms with van der Waals surface area (Å²) in [6, 6.07) is -1.48. The van der Waals surface area contributed by atoms with Gasteiger partial charge in [0.15, 0.2) is 0 Å². The van der Waals surface area contributed by atoms with Crippen LogP contribution in [0.3, 0.4) is 0 Å². The second-order valence-electron chi connectivity index (χ2n) is 4.37. The molecule has 9 heteroatoms. The van der Waals surface area contributed by atoms with Gasteiger partial charge >= 0.3 is 17.9 Å². The molecule has 0 aliphatic heterocycles. The van der Waals surface area contributed by atoms with E-state index in [0.717, 1.165) is 0 Å². The number of amides is 1. The third kappa shape index (κ3) is 9.45. The van der Waals surface area contributed by atoms with Crippen LogP contribution in [0, 0.1) is 0 Å². The molecule has 0 heterocycles. The zero-order chi connectivity index (χ0) is 17.1. The Labute approximate surface area is 126 Å². The highest BCUT2D eigenvalue weighted by Gasteiger charge is 2.24. The van der Waals surface area contributed by atoms with Gasteiger partial charge in [-0.3, -0.25) is 14.4 Å². The van der Waals surface area contributed by atoms with Crippen molar-refractivity contribution in [1.29, 1.82) is 0 Å². The lowest BCUT2D eigenvalue weighted by molar-refractivity contribution is -0.168. The van der Waals surface area contributed by atoms with Crippen molar-refractivity contribution in [3.63, 3.8) is 0 Å². The number of hydrogen-bond acceptors (Lipinski definition) is 7. The van der Waals surface area contributed by atoms with Gasteiger partial charge < -0.3 is 24.7 Å². The molecule has 0 aliphatic carbocycles. The minimum absolute atomic E-state index is 0.0183. The first-order valence-corrected chi connectivity index (χ1v) is 6.59. The van der Waals surface area contributed by atoms with Gasteiger partial charge in [-0.05, 0) is 6.92 Å². The van der Waals surface area contributed by atoms with Crippen LogP contribution in [0.5, 0.6) is 0 Å².